The fraction of sp³-hybridized carbons (Fsp3) is 0.455. The van der Waals surface area contributed by atoms with Gasteiger partial charge in [-0.3, -0.25) is 0 Å². The van der Waals surface area contributed by atoms with Gasteiger partial charge in [-0.1, -0.05) is 37.3 Å². The Morgan fingerprint density at radius 2 is 2.08 bits per heavy atom. The Morgan fingerprint density at radius 1 is 1.42 bits per heavy atom. The van der Waals surface area contributed by atoms with Gasteiger partial charge >= 0.3 is 0 Å². The van der Waals surface area contributed by atoms with Crippen molar-refractivity contribution < 1.29 is 0 Å². The highest BCUT2D eigenvalue weighted by Crippen LogP contribution is 2.07. The quantitative estimate of drug-likeness (QED) is 0.566. The Bertz CT molecular complexity index is 175. The van der Waals surface area contributed by atoms with Crippen molar-refractivity contribution >= 4 is 0 Å². The van der Waals surface area contributed by atoms with Gasteiger partial charge in [0.15, 0.2) is 0 Å². The Morgan fingerprint density at radius 3 is 2.50 bits per heavy atom. The third-order valence-corrected chi connectivity index (χ3v) is 1.55. The van der Waals surface area contributed by atoms with Crippen molar-refractivity contribution in [1.82, 2.24) is 4.90 Å². The van der Waals surface area contributed by atoms with Crippen molar-refractivity contribution in [3.8, 4) is 0 Å². The molecule has 0 saturated heterocycles. The lowest BCUT2D eigenvalue weighted by Crippen LogP contribution is -2.02. The van der Waals surface area contributed by atoms with Crippen LogP contribution in [0.4, 0.5) is 0 Å². The summed E-state index contributed by atoms with van der Waals surface area (Å²) >= 11 is 0. The lowest BCUT2D eigenvalue weighted by molar-refractivity contribution is 0.554. The van der Waals surface area contributed by atoms with E-state index in [-0.39, 0.29) is 0 Å². The normalized spacial score (nSPS) is 12.1. The van der Waals surface area contributed by atoms with Gasteiger partial charge in [-0.05, 0) is 19.0 Å². The van der Waals surface area contributed by atoms with Gasteiger partial charge in [0.25, 0.3) is 0 Å². The largest absolute Gasteiger partial charge is 0.384 e. The average molecular weight is 165 g/mol. The van der Waals surface area contributed by atoms with E-state index < -0.39 is 0 Å². The molecule has 0 aliphatic rings. The second kappa shape index (κ2) is 6.71. The van der Waals surface area contributed by atoms with Gasteiger partial charge in [0.05, 0.1) is 0 Å². The predicted octanol–water partition coefficient (Wildman–Crippen LogP) is 2.97. The van der Waals surface area contributed by atoms with E-state index in [9.17, 15) is 0 Å². The zero-order valence-electron chi connectivity index (χ0n) is 8.38. The molecule has 0 aliphatic heterocycles. The number of rotatable bonds is 5. The smallest absolute Gasteiger partial charge is 0.00556 e. The maximum absolute atomic E-state index is 3.63. The fourth-order valence-electron chi connectivity index (χ4n) is 0.969. The topological polar surface area (TPSA) is 3.24 Å². The zero-order chi connectivity index (χ0) is 9.40. The summed E-state index contributed by atoms with van der Waals surface area (Å²) in [6.07, 6.45) is 10.2. The van der Waals surface area contributed by atoms with Crippen LogP contribution < -0.4 is 0 Å². The van der Waals surface area contributed by atoms with Crippen LogP contribution in [-0.2, 0) is 0 Å². The molecule has 0 atom stereocenters. The summed E-state index contributed by atoms with van der Waals surface area (Å²) in [7, 11) is 4.10. The van der Waals surface area contributed by atoms with E-state index in [0.29, 0.717) is 0 Å². The van der Waals surface area contributed by atoms with Gasteiger partial charge in [0.2, 0.25) is 0 Å². The van der Waals surface area contributed by atoms with Crippen LogP contribution >= 0.6 is 0 Å². The van der Waals surface area contributed by atoms with E-state index in [1.807, 2.05) is 26.2 Å². The van der Waals surface area contributed by atoms with E-state index in [1.54, 1.807) is 0 Å². The Hall–Kier alpha value is -0.980. The van der Waals surface area contributed by atoms with Gasteiger partial charge in [0.1, 0.15) is 0 Å². The van der Waals surface area contributed by atoms with Crippen molar-refractivity contribution in [1.29, 1.82) is 0 Å². The molecule has 1 heteroatoms. The molecule has 68 valence electrons. The molecule has 0 aromatic heterocycles. The van der Waals surface area contributed by atoms with Crippen LogP contribution in [0, 0.1) is 0 Å². The van der Waals surface area contributed by atoms with Crippen molar-refractivity contribution in [2.75, 3.05) is 14.1 Å². The van der Waals surface area contributed by atoms with Crippen LogP contribution in [0.3, 0.4) is 0 Å². The predicted molar refractivity (Wildman–Crippen MR) is 56.0 cm³/mol. The van der Waals surface area contributed by atoms with Gasteiger partial charge in [-0.2, -0.15) is 0 Å². The molecular weight excluding hydrogens is 146 g/mol. The van der Waals surface area contributed by atoms with Gasteiger partial charge in [0, 0.05) is 14.1 Å². The first-order valence-electron chi connectivity index (χ1n) is 4.34. The van der Waals surface area contributed by atoms with Crippen molar-refractivity contribution in [3.05, 3.63) is 36.6 Å². The van der Waals surface area contributed by atoms with Crippen LogP contribution in [0.5, 0.6) is 0 Å². The molecule has 0 saturated carbocycles. The molecule has 0 N–H and O–H groups in total. The standard InChI is InChI=1S/C11H19N/c1-5-7-8-9-11(6-2)10-12(3)4/h5,7-8,10H,1,6,9H2,2-4H3/b8-7-,11-10-. The Balaban J connectivity index is 3.99. The number of hydrogen-bond donors (Lipinski definition) is 0. The highest BCUT2D eigenvalue weighted by molar-refractivity contribution is 5.09. The Labute approximate surface area is 76.1 Å². The summed E-state index contributed by atoms with van der Waals surface area (Å²) in [5.41, 5.74) is 1.44. The summed E-state index contributed by atoms with van der Waals surface area (Å²) < 4.78 is 0. The molecule has 0 heterocycles. The molecule has 0 aliphatic carbocycles. The molecule has 0 unspecified atom stereocenters. The molecule has 0 spiro atoms. The first-order valence-corrected chi connectivity index (χ1v) is 4.34. The number of hydrogen-bond acceptors (Lipinski definition) is 1. The third-order valence-electron chi connectivity index (χ3n) is 1.55. The van der Waals surface area contributed by atoms with Crippen molar-refractivity contribution in [2.24, 2.45) is 0 Å². The summed E-state index contributed by atoms with van der Waals surface area (Å²) in [4.78, 5) is 2.08. The molecule has 0 amide bonds. The maximum Gasteiger partial charge on any atom is 0.00556 e. The molecule has 0 rings (SSSR count). The van der Waals surface area contributed by atoms with E-state index in [2.05, 4.69) is 30.7 Å². The van der Waals surface area contributed by atoms with Crippen LogP contribution in [0.2, 0.25) is 0 Å². The van der Waals surface area contributed by atoms with Crippen LogP contribution in [0.25, 0.3) is 0 Å². The second-order valence-corrected chi connectivity index (χ2v) is 2.97. The molecule has 0 aromatic carbocycles. The summed E-state index contributed by atoms with van der Waals surface area (Å²) in [6.45, 7) is 5.81. The van der Waals surface area contributed by atoms with Crippen LogP contribution in [0.1, 0.15) is 19.8 Å². The molecule has 0 radical (unpaired) electrons. The first kappa shape index (κ1) is 11.0. The van der Waals surface area contributed by atoms with Crippen molar-refractivity contribution in [2.45, 2.75) is 19.8 Å². The highest BCUT2D eigenvalue weighted by Gasteiger charge is 1.90. The Kier molecular flexibility index (Phi) is 6.16. The summed E-state index contributed by atoms with van der Waals surface area (Å²) in [6, 6.07) is 0. The maximum atomic E-state index is 3.63. The molecule has 0 fully saturated rings. The monoisotopic (exact) mass is 165 g/mol. The minimum Gasteiger partial charge on any atom is -0.384 e. The molecular formula is C11H19N. The van der Waals surface area contributed by atoms with Gasteiger partial charge in [-0.15, -0.1) is 0 Å². The lowest BCUT2D eigenvalue weighted by atomic mass is 10.1. The van der Waals surface area contributed by atoms with E-state index in [4.69, 9.17) is 0 Å². The van der Waals surface area contributed by atoms with E-state index in [1.165, 1.54) is 5.57 Å². The van der Waals surface area contributed by atoms with E-state index >= 15 is 0 Å². The third kappa shape index (κ3) is 5.78. The molecule has 0 aromatic rings. The highest BCUT2D eigenvalue weighted by atomic mass is 15.0. The molecule has 0 bridgehead atoms. The minimum atomic E-state index is 1.03. The van der Waals surface area contributed by atoms with Crippen LogP contribution in [-0.4, -0.2) is 19.0 Å². The second-order valence-electron chi connectivity index (χ2n) is 2.97. The zero-order valence-corrected chi connectivity index (χ0v) is 8.38. The number of allylic oxidation sites excluding steroid dienone is 4. The average Bonchev–Trinajstić information content (AvgIpc) is 2.02. The molecule has 12 heavy (non-hydrogen) atoms. The summed E-state index contributed by atoms with van der Waals surface area (Å²) in [5.74, 6) is 0. The van der Waals surface area contributed by atoms with E-state index in [0.717, 1.165) is 12.8 Å². The fourth-order valence-corrected chi connectivity index (χ4v) is 0.969. The number of nitrogens with zero attached hydrogens (tertiary/aromatic N) is 1. The minimum absolute atomic E-state index is 1.03. The van der Waals surface area contributed by atoms with Gasteiger partial charge < -0.3 is 4.90 Å². The first-order chi connectivity index (χ1) is 5.70. The SMILES string of the molecule is C=C/C=C\C/C(=C\N(C)C)CC. The van der Waals surface area contributed by atoms with Crippen molar-refractivity contribution in [3.63, 3.8) is 0 Å². The molecule has 1 nitrogen and oxygen atoms in total. The van der Waals surface area contributed by atoms with Gasteiger partial charge in [-0.25, -0.2) is 0 Å². The summed E-state index contributed by atoms with van der Waals surface area (Å²) in [5, 5.41) is 0. The van der Waals surface area contributed by atoms with Crippen LogP contribution in [0.15, 0.2) is 36.6 Å². The lowest BCUT2D eigenvalue weighted by Gasteiger charge is -2.08.